The molecule has 3 heteroatoms. The second-order valence-electron chi connectivity index (χ2n) is 3.80. The highest BCUT2D eigenvalue weighted by Crippen LogP contribution is 2.23. The first-order chi connectivity index (χ1) is 7.31. The normalized spacial score (nSPS) is 21.3. The molecule has 1 heterocycles. The zero-order valence-corrected chi connectivity index (χ0v) is 9.25. The Bertz CT molecular complexity index is 332. The lowest BCUT2D eigenvalue weighted by molar-refractivity contribution is 0.0767. The average molecular weight is 207 g/mol. The van der Waals surface area contributed by atoms with E-state index in [2.05, 4.69) is 24.4 Å². The number of benzene rings is 1. The van der Waals surface area contributed by atoms with E-state index in [-0.39, 0.29) is 0 Å². The highest BCUT2D eigenvalue weighted by atomic mass is 16.5. The van der Waals surface area contributed by atoms with Gasteiger partial charge in [-0.15, -0.1) is 0 Å². The van der Waals surface area contributed by atoms with Crippen LogP contribution < -0.4 is 10.1 Å². The molecule has 2 rings (SSSR count). The molecule has 1 aliphatic rings. The van der Waals surface area contributed by atoms with Gasteiger partial charge in [-0.25, -0.2) is 0 Å². The van der Waals surface area contributed by atoms with Crippen molar-refractivity contribution in [2.45, 2.75) is 13.0 Å². The molecule has 0 spiro atoms. The van der Waals surface area contributed by atoms with Gasteiger partial charge in [0.25, 0.3) is 0 Å². The predicted octanol–water partition coefficient (Wildman–Crippen LogP) is 1.66. The van der Waals surface area contributed by atoms with E-state index in [0.717, 1.165) is 25.5 Å². The molecular weight excluding hydrogens is 190 g/mol. The Kier molecular flexibility index (Phi) is 3.23. The Balaban J connectivity index is 2.19. The van der Waals surface area contributed by atoms with E-state index in [1.54, 1.807) is 7.11 Å². The molecule has 1 fully saturated rings. The summed E-state index contributed by atoms with van der Waals surface area (Å²) in [7, 11) is 1.69. The summed E-state index contributed by atoms with van der Waals surface area (Å²) in [5.74, 6) is 0.910. The molecular formula is C12H17NO2. The van der Waals surface area contributed by atoms with Gasteiger partial charge < -0.3 is 14.8 Å². The number of morpholine rings is 1. The first kappa shape index (κ1) is 10.5. The number of methoxy groups -OCH3 is 1. The van der Waals surface area contributed by atoms with Crippen molar-refractivity contribution in [3.8, 4) is 5.75 Å². The Morgan fingerprint density at radius 1 is 1.47 bits per heavy atom. The second kappa shape index (κ2) is 4.64. The number of ether oxygens (including phenoxy) is 2. The van der Waals surface area contributed by atoms with Crippen LogP contribution in [-0.2, 0) is 4.74 Å². The zero-order valence-electron chi connectivity index (χ0n) is 9.25. The van der Waals surface area contributed by atoms with E-state index in [1.807, 2.05) is 6.07 Å². The summed E-state index contributed by atoms with van der Waals surface area (Å²) in [6.07, 6.45) is 0. The number of nitrogens with one attached hydrogen (secondary N) is 1. The molecule has 1 aromatic rings. The monoisotopic (exact) mass is 207 g/mol. The van der Waals surface area contributed by atoms with Gasteiger partial charge in [0.2, 0.25) is 0 Å². The summed E-state index contributed by atoms with van der Waals surface area (Å²) in [4.78, 5) is 0. The fourth-order valence-electron chi connectivity index (χ4n) is 1.93. The maximum atomic E-state index is 5.45. The van der Waals surface area contributed by atoms with Gasteiger partial charge in [-0.3, -0.25) is 0 Å². The molecule has 1 N–H and O–H groups in total. The van der Waals surface area contributed by atoms with Crippen LogP contribution in [0.15, 0.2) is 18.2 Å². The van der Waals surface area contributed by atoms with Gasteiger partial charge in [0.1, 0.15) is 5.75 Å². The van der Waals surface area contributed by atoms with Gasteiger partial charge in [0.15, 0.2) is 0 Å². The van der Waals surface area contributed by atoms with Crippen molar-refractivity contribution in [1.29, 1.82) is 0 Å². The Morgan fingerprint density at radius 2 is 2.33 bits per heavy atom. The van der Waals surface area contributed by atoms with Gasteiger partial charge in [-0.1, -0.05) is 6.07 Å². The van der Waals surface area contributed by atoms with E-state index < -0.39 is 0 Å². The molecule has 0 aliphatic carbocycles. The fraction of sp³-hybridized carbons (Fsp3) is 0.500. The van der Waals surface area contributed by atoms with Gasteiger partial charge >= 0.3 is 0 Å². The lowest BCUT2D eigenvalue weighted by Gasteiger charge is -2.25. The van der Waals surface area contributed by atoms with Crippen molar-refractivity contribution in [3.05, 3.63) is 29.3 Å². The molecule has 1 saturated heterocycles. The maximum Gasteiger partial charge on any atom is 0.119 e. The summed E-state index contributed by atoms with van der Waals surface area (Å²) >= 11 is 0. The third-order valence-electron chi connectivity index (χ3n) is 2.77. The van der Waals surface area contributed by atoms with E-state index in [9.17, 15) is 0 Å². The highest BCUT2D eigenvalue weighted by molar-refractivity contribution is 5.36. The highest BCUT2D eigenvalue weighted by Gasteiger charge is 2.16. The van der Waals surface area contributed by atoms with Crippen molar-refractivity contribution >= 4 is 0 Å². The standard InChI is InChI=1S/C12H17NO2/c1-9-7-10(14-2)3-4-11(9)12-8-15-6-5-13-12/h3-4,7,12-13H,5-6,8H2,1-2H3/t12-/m0/s1. The smallest absolute Gasteiger partial charge is 0.119 e. The molecule has 0 unspecified atom stereocenters. The quantitative estimate of drug-likeness (QED) is 0.800. The van der Waals surface area contributed by atoms with Gasteiger partial charge in [-0.2, -0.15) is 0 Å². The fourth-order valence-corrected chi connectivity index (χ4v) is 1.93. The Hall–Kier alpha value is -1.06. The van der Waals surface area contributed by atoms with Crippen molar-refractivity contribution in [3.63, 3.8) is 0 Å². The van der Waals surface area contributed by atoms with E-state index in [0.29, 0.717) is 6.04 Å². The Labute approximate surface area is 90.4 Å². The van der Waals surface area contributed by atoms with E-state index in [1.165, 1.54) is 11.1 Å². The summed E-state index contributed by atoms with van der Waals surface area (Å²) in [5.41, 5.74) is 2.55. The first-order valence-corrected chi connectivity index (χ1v) is 5.27. The van der Waals surface area contributed by atoms with Crippen LogP contribution >= 0.6 is 0 Å². The molecule has 1 aliphatic heterocycles. The minimum absolute atomic E-state index is 0.324. The molecule has 0 saturated carbocycles. The lowest BCUT2D eigenvalue weighted by Crippen LogP contribution is -2.34. The summed E-state index contributed by atoms with van der Waals surface area (Å²) in [5, 5.41) is 3.45. The third-order valence-corrected chi connectivity index (χ3v) is 2.77. The van der Waals surface area contributed by atoms with Crippen LogP contribution in [0.1, 0.15) is 17.2 Å². The SMILES string of the molecule is COc1ccc([C@@H]2COCCN2)c(C)c1. The van der Waals surface area contributed by atoms with Crippen molar-refractivity contribution in [2.24, 2.45) is 0 Å². The van der Waals surface area contributed by atoms with Crippen LogP contribution in [0, 0.1) is 6.92 Å². The molecule has 0 bridgehead atoms. The lowest BCUT2D eigenvalue weighted by atomic mass is 10.0. The second-order valence-corrected chi connectivity index (χ2v) is 3.80. The van der Waals surface area contributed by atoms with Crippen LogP contribution in [0.25, 0.3) is 0 Å². The minimum Gasteiger partial charge on any atom is -0.497 e. The number of hydrogen-bond acceptors (Lipinski definition) is 3. The van der Waals surface area contributed by atoms with Crippen LogP contribution in [0.5, 0.6) is 5.75 Å². The predicted molar refractivity (Wildman–Crippen MR) is 59.3 cm³/mol. The van der Waals surface area contributed by atoms with Gasteiger partial charge in [0.05, 0.1) is 26.4 Å². The third kappa shape index (κ3) is 2.30. The van der Waals surface area contributed by atoms with Gasteiger partial charge in [-0.05, 0) is 30.2 Å². The molecule has 1 aromatic carbocycles. The summed E-state index contributed by atoms with van der Waals surface area (Å²) in [6.45, 7) is 4.60. The molecule has 3 nitrogen and oxygen atoms in total. The zero-order chi connectivity index (χ0) is 10.7. The van der Waals surface area contributed by atoms with Crippen molar-refractivity contribution in [1.82, 2.24) is 5.32 Å². The topological polar surface area (TPSA) is 30.5 Å². The van der Waals surface area contributed by atoms with Crippen molar-refractivity contribution in [2.75, 3.05) is 26.9 Å². The summed E-state index contributed by atoms with van der Waals surface area (Å²) < 4.78 is 10.6. The Morgan fingerprint density at radius 3 is 2.93 bits per heavy atom. The van der Waals surface area contributed by atoms with Crippen LogP contribution in [-0.4, -0.2) is 26.9 Å². The largest absolute Gasteiger partial charge is 0.497 e. The summed E-state index contributed by atoms with van der Waals surface area (Å²) in [6, 6.07) is 6.50. The number of aryl methyl sites for hydroxylation is 1. The maximum absolute atomic E-state index is 5.45. The van der Waals surface area contributed by atoms with Crippen LogP contribution in [0.3, 0.4) is 0 Å². The minimum atomic E-state index is 0.324. The van der Waals surface area contributed by atoms with Gasteiger partial charge in [0, 0.05) is 6.54 Å². The molecule has 1 atom stereocenters. The van der Waals surface area contributed by atoms with Crippen LogP contribution in [0.2, 0.25) is 0 Å². The van der Waals surface area contributed by atoms with Crippen molar-refractivity contribution < 1.29 is 9.47 Å². The first-order valence-electron chi connectivity index (χ1n) is 5.27. The number of rotatable bonds is 2. The molecule has 0 aromatic heterocycles. The van der Waals surface area contributed by atoms with E-state index >= 15 is 0 Å². The van der Waals surface area contributed by atoms with E-state index in [4.69, 9.17) is 9.47 Å². The number of hydrogen-bond donors (Lipinski definition) is 1. The molecule has 0 amide bonds. The molecule has 15 heavy (non-hydrogen) atoms. The molecule has 0 radical (unpaired) electrons. The van der Waals surface area contributed by atoms with Crippen LogP contribution in [0.4, 0.5) is 0 Å². The molecule has 82 valence electrons. The average Bonchev–Trinajstić information content (AvgIpc) is 2.30.